The molecule has 0 aromatic carbocycles. The van der Waals surface area contributed by atoms with E-state index in [1.165, 1.54) is 25.7 Å². The number of sulfonamides is 1. The Bertz CT molecular complexity index is 682. The lowest BCUT2D eigenvalue weighted by Crippen LogP contribution is -2.51. The summed E-state index contributed by atoms with van der Waals surface area (Å²) in [7, 11) is -3.54. The SMILES string of the molecule is CC1CCC2C(C)(C)C2(C23C(CCC(C)C2S(N)(=O)=O)C3(C)C)C1. The summed E-state index contributed by atoms with van der Waals surface area (Å²) in [5.41, 5.74) is 0.424. The highest BCUT2D eigenvalue weighted by atomic mass is 32.2. The van der Waals surface area contributed by atoms with Crippen molar-refractivity contribution in [3.63, 3.8) is 0 Å². The fourth-order valence-electron chi connectivity index (χ4n) is 8.88. The standard InChI is InChI=1S/C20H35NO2S/c1-12-7-9-14-17(3,4)19(14,11-12)20-15(18(20,5)6)10-8-13(2)16(20)24(21,22)23/h12-16H,7-11H2,1-6H3,(H2,21,22,23). The molecule has 4 saturated carbocycles. The third-order valence-corrected chi connectivity index (χ3v) is 11.1. The zero-order chi connectivity index (χ0) is 17.9. The van der Waals surface area contributed by atoms with Crippen LogP contribution in [-0.2, 0) is 10.0 Å². The quantitative estimate of drug-likeness (QED) is 0.809. The van der Waals surface area contributed by atoms with Crippen LogP contribution in [0.15, 0.2) is 0 Å². The number of fused-ring (bicyclic) bond motifs is 3. The van der Waals surface area contributed by atoms with Crippen molar-refractivity contribution in [2.24, 2.45) is 50.5 Å². The minimum atomic E-state index is -3.54. The van der Waals surface area contributed by atoms with E-state index in [1.807, 2.05) is 0 Å². The molecule has 0 aromatic rings. The minimum absolute atomic E-state index is 0.0952. The Labute approximate surface area is 148 Å². The van der Waals surface area contributed by atoms with Gasteiger partial charge in [0.25, 0.3) is 0 Å². The first-order chi connectivity index (χ1) is 10.9. The predicted molar refractivity (Wildman–Crippen MR) is 97.7 cm³/mol. The fourth-order valence-corrected chi connectivity index (χ4v) is 10.9. The monoisotopic (exact) mass is 353 g/mol. The van der Waals surface area contributed by atoms with E-state index in [-0.39, 0.29) is 32.8 Å². The van der Waals surface area contributed by atoms with Crippen molar-refractivity contribution in [3.8, 4) is 0 Å². The van der Waals surface area contributed by atoms with Crippen molar-refractivity contribution in [2.45, 2.75) is 78.9 Å². The van der Waals surface area contributed by atoms with Crippen molar-refractivity contribution in [1.29, 1.82) is 0 Å². The van der Waals surface area contributed by atoms with E-state index in [4.69, 9.17) is 5.14 Å². The van der Waals surface area contributed by atoms with Crippen LogP contribution < -0.4 is 5.14 Å². The molecule has 0 radical (unpaired) electrons. The highest BCUT2D eigenvalue weighted by Gasteiger charge is 2.93. The van der Waals surface area contributed by atoms with Crippen molar-refractivity contribution in [1.82, 2.24) is 0 Å². The van der Waals surface area contributed by atoms with Crippen molar-refractivity contribution >= 4 is 10.0 Å². The Hall–Kier alpha value is -0.0900. The summed E-state index contributed by atoms with van der Waals surface area (Å²) in [5.74, 6) is 2.09. The molecule has 2 N–H and O–H groups in total. The number of nitrogens with two attached hydrogens (primary N) is 1. The second-order valence-electron chi connectivity index (χ2n) is 10.8. The van der Waals surface area contributed by atoms with Gasteiger partial charge in [0.1, 0.15) is 0 Å². The number of hydrogen-bond acceptors (Lipinski definition) is 2. The van der Waals surface area contributed by atoms with Crippen LogP contribution in [0.25, 0.3) is 0 Å². The van der Waals surface area contributed by atoms with E-state index in [1.54, 1.807) is 0 Å². The van der Waals surface area contributed by atoms with E-state index in [0.29, 0.717) is 17.8 Å². The minimum Gasteiger partial charge on any atom is -0.228 e. The molecule has 4 rings (SSSR count). The van der Waals surface area contributed by atoms with Gasteiger partial charge in [0.15, 0.2) is 0 Å². The molecule has 7 atom stereocenters. The molecule has 4 heteroatoms. The average molecular weight is 354 g/mol. The van der Waals surface area contributed by atoms with Gasteiger partial charge in [-0.25, -0.2) is 13.6 Å². The molecule has 0 saturated heterocycles. The van der Waals surface area contributed by atoms with E-state index < -0.39 is 10.0 Å². The van der Waals surface area contributed by atoms with Gasteiger partial charge in [-0.2, -0.15) is 0 Å². The lowest BCUT2D eigenvalue weighted by atomic mass is 9.62. The molecular weight excluding hydrogens is 318 g/mol. The largest absolute Gasteiger partial charge is 0.228 e. The van der Waals surface area contributed by atoms with Crippen LogP contribution in [0, 0.1) is 45.3 Å². The Morgan fingerprint density at radius 3 is 2.04 bits per heavy atom. The van der Waals surface area contributed by atoms with Gasteiger partial charge in [-0.3, -0.25) is 0 Å². The molecule has 0 aromatic heterocycles. The summed E-state index contributed by atoms with van der Waals surface area (Å²) in [6, 6.07) is 0. The molecular formula is C20H35NO2S. The molecule has 3 nitrogen and oxygen atoms in total. The van der Waals surface area contributed by atoms with Gasteiger partial charge < -0.3 is 0 Å². The Kier molecular flexibility index (Phi) is 3.19. The molecule has 138 valence electrons. The van der Waals surface area contributed by atoms with E-state index in [9.17, 15) is 8.42 Å². The highest BCUT2D eigenvalue weighted by molar-refractivity contribution is 7.89. The second kappa shape index (κ2) is 4.42. The predicted octanol–water partition coefficient (Wildman–Crippen LogP) is 4.18. The highest BCUT2D eigenvalue weighted by Crippen LogP contribution is 2.95. The molecule has 0 amide bonds. The summed E-state index contributed by atoms with van der Waals surface area (Å²) in [4.78, 5) is 0. The first-order valence-electron chi connectivity index (χ1n) is 9.88. The van der Waals surface area contributed by atoms with Gasteiger partial charge in [-0.15, -0.1) is 0 Å². The van der Waals surface area contributed by atoms with Gasteiger partial charge in [-0.05, 0) is 65.6 Å². The smallest absolute Gasteiger partial charge is 0.212 e. The summed E-state index contributed by atoms with van der Waals surface area (Å²) in [6.45, 7) is 14.0. The molecule has 0 bridgehead atoms. The van der Waals surface area contributed by atoms with Gasteiger partial charge in [0, 0.05) is 5.41 Å². The first-order valence-corrected chi connectivity index (χ1v) is 11.5. The topological polar surface area (TPSA) is 60.2 Å². The summed E-state index contributed by atoms with van der Waals surface area (Å²) in [5, 5.41) is 5.55. The van der Waals surface area contributed by atoms with E-state index >= 15 is 0 Å². The maximum absolute atomic E-state index is 12.8. The Morgan fingerprint density at radius 2 is 1.46 bits per heavy atom. The molecule has 7 unspecified atom stereocenters. The molecule has 0 heterocycles. The van der Waals surface area contributed by atoms with Crippen LogP contribution in [0.2, 0.25) is 0 Å². The maximum Gasteiger partial charge on any atom is 0.212 e. The first kappa shape index (κ1) is 17.3. The summed E-state index contributed by atoms with van der Waals surface area (Å²) >= 11 is 0. The number of rotatable bonds is 2. The van der Waals surface area contributed by atoms with Gasteiger partial charge in [-0.1, -0.05) is 48.0 Å². The van der Waals surface area contributed by atoms with Crippen LogP contribution in [0.5, 0.6) is 0 Å². The van der Waals surface area contributed by atoms with Crippen molar-refractivity contribution < 1.29 is 8.42 Å². The zero-order valence-electron chi connectivity index (χ0n) is 16.2. The maximum atomic E-state index is 12.8. The van der Waals surface area contributed by atoms with E-state index in [0.717, 1.165) is 6.42 Å². The Morgan fingerprint density at radius 1 is 0.875 bits per heavy atom. The van der Waals surface area contributed by atoms with Crippen molar-refractivity contribution in [2.75, 3.05) is 0 Å². The van der Waals surface area contributed by atoms with Crippen molar-refractivity contribution in [3.05, 3.63) is 0 Å². The summed E-state index contributed by atoms with van der Waals surface area (Å²) in [6.07, 6.45) is 5.95. The molecule has 0 aliphatic heterocycles. The Balaban J connectivity index is 1.93. The molecule has 4 fully saturated rings. The molecule has 24 heavy (non-hydrogen) atoms. The lowest BCUT2D eigenvalue weighted by Gasteiger charge is -2.46. The van der Waals surface area contributed by atoms with Gasteiger partial charge in [0.2, 0.25) is 10.0 Å². The van der Waals surface area contributed by atoms with E-state index in [2.05, 4.69) is 41.5 Å². The van der Waals surface area contributed by atoms with Crippen LogP contribution in [0.1, 0.15) is 73.6 Å². The van der Waals surface area contributed by atoms with Gasteiger partial charge >= 0.3 is 0 Å². The van der Waals surface area contributed by atoms with Gasteiger partial charge in [0.05, 0.1) is 5.25 Å². The fraction of sp³-hybridized carbons (Fsp3) is 1.00. The lowest BCUT2D eigenvalue weighted by molar-refractivity contribution is 0.0676. The number of hydrogen-bond donors (Lipinski definition) is 1. The third kappa shape index (κ3) is 1.58. The normalized spacial score (nSPS) is 54.5. The van der Waals surface area contributed by atoms with Crippen LogP contribution in [0.4, 0.5) is 0 Å². The van der Waals surface area contributed by atoms with Crippen LogP contribution >= 0.6 is 0 Å². The summed E-state index contributed by atoms with van der Waals surface area (Å²) < 4.78 is 25.6. The van der Waals surface area contributed by atoms with Crippen LogP contribution in [-0.4, -0.2) is 13.7 Å². The number of primary sulfonamides is 1. The molecule has 4 aliphatic rings. The molecule has 0 spiro atoms. The van der Waals surface area contributed by atoms with Crippen LogP contribution in [0.3, 0.4) is 0 Å². The molecule has 4 aliphatic carbocycles. The third-order valence-electron chi connectivity index (χ3n) is 9.52. The average Bonchev–Trinajstić information content (AvgIpc) is 3.14. The second-order valence-corrected chi connectivity index (χ2v) is 12.5. The zero-order valence-corrected chi connectivity index (χ0v) is 17.0.